The molecule has 0 atom stereocenters. The van der Waals surface area contributed by atoms with Crippen LogP contribution in [0.25, 0.3) is 6.08 Å². The summed E-state index contributed by atoms with van der Waals surface area (Å²) in [5, 5.41) is 14.4. The second-order valence-electron chi connectivity index (χ2n) is 5.81. The van der Waals surface area contributed by atoms with Crippen molar-refractivity contribution in [2.45, 2.75) is 13.3 Å². The summed E-state index contributed by atoms with van der Waals surface area (Å²) in [6, 6.07) is 10.8. The first-order valence-electron chi connectivity index (χ1n) is 8.31. The van der Waals surface area contributed by atoms with E-state index in [0.717, 1.165) is 12.1 Å². The third kappa shape index (κ3) is 4.42. The Morgan fingerprint density at radius 2 is 2.04 bits per heavy atom. The number of halogens is 1. The molecule has 1 aliphatic heterocycles. The third-order valence-corrected chi connectivity index (χ3v) is 5.47. The summed E-state index contributed by atoms with van der Waals surface area (Å²) < 4.78 is 5.51. The number of methoxy groups -OCH3 is 1. The number of benzene rings is 2. The van der Waals surface area contributed by atoms with E-state index in [2.05, 4.69) is 33.2 Å². The van der Waals surface area contributed by atoms with E-state index in [0.29, 0.717) is 20.1 Å². The van der Waals surface area contributed by atoms with Crippen LogP contribution in [0.3, 0.4) is 0 Å². The molecule has 7 nitrogen and oxygen atoms in total. The predicted molar refractivity (Wildman–Crippen MR) is 114 cm³/mol. The molecule has 0 saturated carbocycles. The summed E-state index contributed by atoms with van der Waals surface area (Å²) in [5.41, 5.74) is 2.27. The predicted octanol–water partition coefficient (Wildman–Crippen LogP) is 4.82. The number of amidine groups is 1. The summed E-state index contributed by atoms with van der Waals surface area (Å²) in [5.74, 6) is -0.169. The van der Waals surface area contributed by atoms with Crippen LogP contribution in [0.1, 0.15) is 18.1 Å². The maximum atomic E-state index is 12.3. The molecule has 1 amide bonds. The lowest BCUT2D eigenvalue weighted by molar-refractivity contribution is -0.385. The first-order valence-corrected chi connectivity index (χ1v) is 9.92. The average molecular weight is 462 g/mol. The van der Waals surface area contributed by atoms with E-state index >= 15 is 0 Å². The minimum absolute atomic E-state index is 0.133. The van der Waals surface area contributed by atoms with Gasteiger partial charge in [-0.25, -0.2) is 4.99 Å². The molecule has 9 heteroatoms. The number of hydrogen-bond donors (Lipinski definition) is 1. The van der Waals surface area contributed by atoms with Crippen molar-refractivity contribution in [3.63, 3.8) is 0 Å². The van der Waals surface area contributed by atoms with Crippen LogP contribution in [-0.2, 0) is 11.2 Å². The van der Waals surface area contributed by atoms with Crippen LogP contribution in [0, 0.1) is 10.1 Å². The average Bonchev–Trinajstić information content (AvgIpc) is 3.00. The van der Waals surface area contributed by atoms with Crippen LogP contribution < -0.4 is 10.1 Å². The van der Waals surface area contributed by atoms with Gasteiger partial charge in [-0.2, -0.15) is 0 Å². The highest BCUT2D eigenvalue weighted by molar-refractivity contribution is 9.10. The van der Waals surface area contributed by atoms with Crippen molar-refractivity contribution in [3.8, 4) is 5.75 Å². The molecule has 0 aromatic heterocycles. The van der Waals surface area contributed by atoms with Crippen LogP contribution in [0.4, 0.5) is 11.4 Å². The van der Waals surface area contributed by atoms with Gasteiger partial charge in [0, 0.05) is 6.07 Å². The van der Waals surface area contributed by atoms with E-state index in [-0.39, 0.29) is 17.3 Å². The van der Waals surface area contributed by atoms with E-state index in [1.54, 1.807) is 12.1 Å². The highest BCUT2D eigenvalue weighted by Gasteiger charge is 2.25. The molecule has 144 valence electrons. The maximum absolute atomic E-state index is 12.3. The highest BCUT2D eigenvalue weighted by atomic mass is 79.9. The first kappa shape index (κ1) is 20.1. The zero-order valence-corrected chi connectivity index (χ0v) is 17.5. The molecule has 0 unspecified atom stereocenters. The Morgan fingerprint density at radius 1 is 1.32 bits per heavy atom. The van der Waals surface area contributed by atoms with Crippen molar-refractivity contribution in [1.82, 2.24) is 5.32 Å². The standard InChI is InChI=1S/C19H16BrN3O4S/c1-3-11-4-6-13(7-5-11)21-19-22-18(24)16(28-19)10-12-8-14(20)17(27-2)15(9-12)23(25)26/h4-10H,3H2,1-2H3,(H,21,22,24)/b16-10-. The van der Waals surface area contributed by atoms with E-state index < -0.39 is 4.92 Å². The van der Waals surface area contributed by atoms with Gasteiger partial charge in [-0.3, -0.25) is 14.9 Å². The van der Waals surface area contributed by atoms with Gasteiger partial charge in [0.15, 0.2) is 5.17 Å². The minimum Gasteiger partial charge on any atom is -0.489 e. The summed E-state index contributed by atoms with van der Waals surface area (Å²) >= 11 is 4.45. The normalized spacial score (nSPS) is 16.5. The third-order valence-electron chi connectivity index (χ3n) is 3.97. The van der Waals surface area contributed by atoms with Crippen molar-refractivity contribution in [1.29, 1.82) is 0 Å². The lowest BCUT2D eigenvalue weighted by Gasteiger charge is -2.05. The number of thioether (sulfide) groups is 1. The quantitative estimate of drug-likeness (QED) is 0.391. The first-order chi connectivity index (χ1) is 13.4. The number of nitro benzene ring substituents is 1. The van der Waals surface area contributed by atoms with Gasteiger partial charge in [0.1, 0.15) is 0 Å². The van der Waals surface area contributed by atoms with Crippen LogP contribution >= 0.6 is 27.7 Å². The molecule has 1 fully saturated rings. The summed E-state index contributed by atoms with van der Waals surface area (Å²) in [6.07, 6.45) is 2.53. The van der Waals surface area contributed by atoms with Gasteiger partial charge in [0.25, 0.3) is 5.91 Å². The second kappa shape index (κ2) is 8.57. The molecule has 2 aromatic rings. The lowest BCUT2D eigenvalue weighted by atomic mass is 10.1. The zero-order valence-electron chi connectivity index (χ0n) is 15.1. The topological polar surface area (TPSA) is 93.8 Å². The molecule has 2 aromatic carbocycles. The number of ether oxygens (including phenoxy) is 1. The SMILES string of the molecule is CCc1ccc(N=C2NC(=O)/C(=C/c3cc(Br)c(OC)c([N+](=O)[O-])c3)S2)cc1. The number of hydrogen-bond acceptors (Lipinski definition) is 6. The Hall–Kier alpha value is -2.65. The monoisotopic (exact) mass is 461 g/mol. The number of aliphatic imine (C=N–C) groups is 1. The van der Waals surface area contributed by atoms with E-state index in [1.807, 2.05) is 24.3 Å². The number of carbonyl (C=O) groups excluding carboxylic acids is 1. The smallest absolute Gasteiger partial charge is 0.312 e. The molecule has 1 aliphatic rings. The molecule has 0 bridgehead atoms. The number of carbonyl (C=O) groups is 1. The Bertz CT molecular complexity index is 1000. The number of rotatable bonds is 5. The fourth-order valence-corrected chi connectivity index (χ4v) is 4.05. The van der Waals surface area contributed by atoms with Crippen molar-refractivity contribution in [3.05, 3.63) is 67.0 Å². The molecule has 28 heavy (non-hydrogen) atoms. The molecule has 3 rings (SSSR count). The van der Waals surface area contributed by atoms with Crippen molar-refractivity contribution in [2.24, 2.45) is 4.99 Å². The molecular weight excluding hydrogens is 446 g/mol. The molecule has 1 saturated heterocycles. The number of amides is 1. The fraction of sp³-hybridized carbons (Fsp3) is 0.158. The zero-order chi connectivity index (χ0) is 20.3. The van der Waals surface area contributed by atoms with Gasteiger partial charge in [-0.1, -0.05) is 19.1 Å². The number of nitro groups is 1. The second-order valence-corrected chi connectivity index (χ2v) is 7.70. The van der Waals surface area contributed by atoms with Crippen molar-refractivity contribution < 1.29 is 14.5 Å². The molecular formula is C19H16BrN3O4S. The Kier molecular flexibility index (Phi) is 6.15. The minimum atomic E-state index is -0.527. The van der Waals surface area contributed by atoms with Gasteiger partial charge >= 0.3 is 5.69 Å². The molecule has 0 spiro atoms. The molecule has 1 heterocycles. The van der Waals surface area contributed by atoms with E-state index in [1.165, 1.54) is 30.5 Å². The van der Waals surface area contributed by atoms with Gasteiger partial charge < -0.3 is 10.1 Å². The summed E-state index contributed by atoms with van der Waals surface area (Å²) in [4.78, 5) is 27.8. The number of aryl methyl sites for hydroxylation is 1. The van der Waals surface area contributed by atoms with Crippen LogP contribution in [0.15, 0.2) is 50.8 Å². The van der Waals surface area contributed by atoms with Crippen LogP contribution in [0.2, 0.25) is 0 Å². The van der Waals surface area contributed by atoms with Crippen LogP contribution in [-0.4, -0.2) is 23.1 Å². The van der Waals surface area contributed by atoms with Gasteiger partial charge in [-0.15, -0.1) is 0 Å². The van der Waals surface area contributed by atoms with Gasteiger partial charge in [0.05, 0.1) is 27.1 Å². The Labute approximate surface area is 174 Å². The van der Waals surface area contributed by atoms with Crippen LogP contribution in [0.5, 0.6) is 5.75 Å². The molecule has 0 radical (unpaired) electrons. The van der Waals surface area contributed by atoms with Gasteiger partial charge in [-0.05, 0) is 69.5 Å². The highest BCUT2D eigenvalue weighted by Crippen LogP contribution is 2.37. The van der Waals surface area contributed by atoms with Crippen molar-refractivity contribution >= 4 is 56.2 Å². The van der Waals surface area contributed by atoms with Gasteiger partial charge in [0.2, 0.25) is 5.75 Å². The van der Waals surface area contributed by atoms with E-state index in [9.17, 15) is 14.9 Å². The Balaban J connectivity index is 1.88. The molecule has 1 N–H and O–H groups in total. The fourth-order valence-electron chi connectivity index (χ4n) is 2.58. The lowest BCUT2D eigenvalue weighted by Crippen LogP contribution is -2.19. The van der Waals surface area contributed by atoms with E-state index in [4.69, 9.17) is 4.74 Å². The maximum Gasteiger partial charge on any atom is 0.312 e. The molecule has 0 aliphatic carbocycles. The van der Waals surface area contributed by atoms with Crippen molar-refractivity contribution in [2.75, 3.05) is 7.11 Å². The summed E-state index contributed by atoms with van der Waals surface area (Å²) in [6.45, 7) is 2.08. The largest absolute Gasteiger partial charge is 0.489 e. The number of nitrogens with one attached hydrogen (secondary N) is 1. The summed E-state index contributed by atoms with van der Waals surface area (Å²) in [7, 11) is 1.36. The number of nitrogens with zero attached hydrogens (tertiary/aromatic N) is 2. The Morgan fingerprint density at radius 3 is 2.64 bits per heavy atom.